The number of hydrogen-bond acceptors (Lipinski definition) is 6. The summed E-state index contributed by atoms with van der Waals surface area (Å²) in [7, 11) is 0. The lowest BCUT2D eigenvalue weighted by atomic mass is 10.2. The number of non-ortho nitro benzene ring substituents is 2. The Morgan fingerprint density at radius 1 is 1.07 bits per heavy atom. The highest BCUT2D eigenvalue weighted by molar-refractivity contribution is 7.80. The Bertz CT molecular complexity index is 958. The van der Waals surface area contributed by atoms with Crippen LogP contribution < -0.4 is 10.6 Å². The van der Waals surface area contributed by atoms with Crippen LogP contribution in [0.3, 0.4) is 0 Å². The van der Waals surface area contributed by atoms with Crippen LogP contribution in [-0.2, 0) is 4.79 Å². The van der Waals surface area contributed by atoms with E-state index in [2.05, 4.69) is 10.6 Å². The molecule has 0 saturated carbocycles. The zero-order valence-electron chi connectivity index (χ0n) is 14.0. The van der Waals surface area contributed by atoms with E-state index in [4.69, 9.17) is 12.2 Å². The molecule has 0 spiro atoms. The number of thiocarbonyl (C=S) groups is 1. The van der Waals surface area contributed by atoms with Gasteiger partial charge in [0.25, 0.3) is 11.4 Å². The molecule has 2 rings (SSSR count). The summed E-state index contributed by atoms with van der Waals surface area (Å²) in [6.07, 6.45) is 2.61. The highest BCUT2D eigenvalue weighted by atomic mass is 32.1. The maximum atomic E-state index is 11.9. The fraction of sp³-hybridized carbons (Fsp3) is 0.0588. The van der Waals surface area contributed by atoms with Crippen molar-refractivity contribution in [3.05, 3.63) is 79.9 Å². The summed E-state index contributed by atoms with van der Waals surface area (Å²) >= 11 is 5.04. The third-order valence-corrected chi connectivity index (χ3v) is 3.62. The van der Waals surface area contributed by atoms with Gasteiger partial charge in [0.05, 0.1) is 9.85 Å². The second-order valence-electron chi connectivity index (χ2n) is 5.39. The number of benzene rings is 2. The SMILES string of the molecule is Cc1cc([N+](=O)[O-])ccc1NC(=S)NC(=O)/C=C/c1cccc([N+](=O)[O-])c1. The van der Waals surface area contributed by atoms with Crippen molar-refractivity contribution in [3.8, 4) is 0 Å². The molecule has 138 valence electrons. The van der Waals surface area contributed by atoms with Crippen molar-refractivity contribution in [2.45, 2.75) is 6.92 Å². The minimum absolute atomic E-state index is 0.0145. The number of carbonyl (C=O) groups excluding carboxylic acids is 1. The number of aryl methyl sites for hydroxylation is 1. The van der Waals surface area contributed by atoms with Crippen LogP contribution in [0.5, 0.6) is 0 Å². The summed E-state index contributed by atoms with van der Waals surface area (Å²) in [6.45, 7) is 1.67. The van der Waals surface area contributed by atoms with Crippen LogP contribution in [-0.4, -0.2) is 20.9 Å². The molecule has 0 atom stereocenters. The molecule has 27 heavy (non-hydrogen) atoms. The van der Waals surface area contributed by atoms with Gasteiger partial charge in [-0.1, -0.05) is 12.1 Å². The van der Waals surface area contributed by atoms with Crippen LogP contribution in [0.25, 0.3) is 6.08 Å². The lowest BCUT2D eigenvalue weighted by molar-refractivity contribution is -0.385. The summed E-state index contributed by atoms with van der Waals surface area (Å²) in [4.78, 5) is 32.4. The maximum Gasteiger partial charge on any atom is 0.270 e. The summed E-state index contributed by atoms with van der Waals surface area (Å²) in [6, 6.07) is 10.0. The minimum Gasteiger partial charge on any atom is -0.332 e. The number of nitro benzene ring substituents is 2. The first-order chi connectivity index (χ1) is 12.8. The fourth-order valence-corrected chi connectivity index (χ4v) is 2.33. The van der Waals surface area contributed by atoms with Crippen molar-refractivity contribution < 1.29 is 14.6 Å². The van der Waals surface area contributed by atoms with Crippen LogP contribution in [0.15, 0.2) is 48.5 Å². The van der Waals surface area contributed by atoms with Gasteiger partial charge in [0.15, 0.2) is 5.11 Å². The van der Waals surface area contributed by atoms with Gasteiger partial charge >= 0.3 is 0 Å². The molecular formula is C17H14N4O5S. The predicted octanol–water partition coefficient (Wildman–Crippen LogP) is 3.34. The van der Waals surface area contributed by atoms with Gasteiger partial charge in [-0.15, -0.1) is 0 Å². The quantitative estimate of drug-likeness (QED) is 0.349. The molecule has 0 aliphatic rings. The van der Waals surface area contributed by atoms with Crippen LogP contribution in [0.4, 0.5) is 17.1 Å². The Kier molecular flexibility index (Phi) is 6.28. The van der Waals surface area contributed by atoms with E-state index in [0.717, 1.165) is 0 Å². The minimum atomic E-state index is -0.529. The fourth-order valence-electron chi connectivity index (χ4n) is 2.12. The largest absolute Gasteiger partial charge is 0.332 e. The van der Waals surface area contributed by atoms with Gasteiger partial charge in [0, 0.05) is 36.0 Å². The highest BCUT2D eigenvalue weighted by Gasteiger charge is 2.10. The summed E-state index contributed by atoms with van der Waals surface area (Å²) < 4.78 is 0. The first kappa shape index (κ1) is 19.7. The van der Waals surface area contributed by atoms with Crippen molar-refractivity contribution >= 4 is 46.4 Å². The molecule has 0 aliphatic heterocycles. The molecule has 0 unspecified atom stereocenters. The van der Waals surface area contributed by atoms with Gasteiger partial charge in [-0.2, -0.15) is 0 Å². The molecule has 0 bridgehead atoms. The van der Waals surface area contributed by atoms with Crippen LogP contribution in [0.1, 0.15) is 11.1 Å². The molecule has 0 aromatic heterocycles. The molecule has 0 aliphatic carbocycles. The van der Waals surface area contributed by atoms with Crippen LogP contribution in [0.2, 0.25) is 0 Å². The molecule has 0 heterocycles. The molecule has 0 saturated heterocycles. The molecule has 0 radical (unpaired) electrons. The molecule has 10 heteroatoms. The molecule has 1 amide bonds. The van der Waals surface area contributed by atoms with Crippen molar-refractivity contribution in [2.24, 2.45) is 0 Å². The maximum absolute atomic E-state index is 11.9. The average Bonchev–Trinajstić information content (AvgIpc) is 2.61. The van der Waals surface area contributed by atoms with Crippen LogP contribution >= 0.6 is 12.2 Å². The first-order valence-electron chi connectivity index (χ1n) is 7.56. The molecule has 2 aromatic rings. The number of nitrogens with zero attached hydrogens (tertiary/aromatic N) is 2. The molecular weight excluding hydrogens is 372 g/mol. The Hall–Kier alpha value is -3.66. The lowest BCUT2D eigenvalue weighted by Crippen LogP contribution is -2.33. The zero-order chi connectivity index (χ0) is 20.0. The predicted molar refractivity (Wildman–Crippen MR) is 104 cm³/mol. The van der Waals surface area contributed by atoms with Gasteiger partial charge in [-0.25, -0.2) is 0 Å². The van der Waals surface area contributed by atoms with Crippen molar-refractivity contribution in [2.75, 3.05) is 5.32 Å². The standard InChI is InChI=1S/C17H14N4O5S/c1-11-9-14(21(25)26)6-7-15(11)18-17(27)19-16(22)8-5-12-3-2-4-13(10-12)20(23)24/h2-10H,1H3,(H2,18,19,22,27)/b8-5+. The number of hydrogen-bond donors (Lipinski definition) is 2. The van der Waals surface area contributed by atoms with Crippen molar-refractivity contribution in [1.82, 2.24) is 5.32 Å². The Morgan fingerprint density at radius 3 is 2.37 bits per heavy atom. The second-order valence-corrected chi connectivity index (χ2v) is 5.79. The van der Waals surface area contributed by atoms with E-state index in [1.54, 1.807) is 13.0 Å². The first-order valence-corrected chi connectivity index (χ1v) is 7.96. The third-order valence-electron chi connectivity index (χ3n) is 3.41. The normalized spacial score (nSPS) is 10.4. The molecule has 2 aromatic carbocycles. The summed E-state index contributed by atoms with van der Waals surface area (Å²) in [5, 5.41) is 26.7. The third kappa shape index (κ3) is 5.68. The van der Waals surface area contributed by atoms with Gasteiger partial charge in [0.1, 0.15) is 0 Å². The van der Waals surface area contributed by atoms with Gasteiger partial charge in [0.2, 0.25) is 5.91 Å². The number of rotatable bonds is 5. The second kappa shape index (κ2) is 8.63. The monoisotopic (exact) mass is 386 g/mol. The zero-order valence-corrected chi connectivity index (χ0v) is 14.9. The Labute approximate surface area is 159 Å². The topological polar surface area (TPSA) is 127 Å². The number of nitro groups is 2. The van der Waals surface area contributed by atoms with E-state index in [0.29, 0.717) is 16.8 Å². The summed E-state index contributed by atoms with van der Waals surface area (Å²) in [5.41, 5.74) is 1.47. The average molecular weight is 386 g/mol. The van der Waals surface area contributed by atoms with E-state index >= 15 is 0 Å². The van der Waals surface area contributed by atoms with Gasteiger partial charge in [-0.05, 0) is 42.4 Å². The molecule has 0 fully saturated rings. The van der Waals surface area contributed by atoms with Crippen molar-refractivity contribution in [3.63, 3.8) is 0 Å². The highest BCUT2D eigenvalue weighted by Crippen LogP contribution is 2.21. The van der Waals surface area contributed by atoms with E-state index in [-0.39, 0.29) is 16.5 Å². The number of carbonyl (C=O) groups is 1. The number of anilines is 1. The lowest BCUT2D eigenvalue weighted by Gasteiger charge is -2.10. The number of amides is 1. The van der Waals surface area contributed by atoms with Gasteiger partial charge < -0.3 is 5.32 Å². The van der Waals surface area contributed by atoms with Gasteiger partial charge in [-0.3, -0.25) is 30.3 Å². The van der Waals surface area contributed by atoms with E-state index in [1.807, 2.05) is 0 Å². The van der Waals surface area contributed by atoms with Crippen molar-refractivity contribution in [1.29, 1.82) is 0 Å². The Morgan fingerprint density at radius 2 is 1.74 bits per heavy atom. The molecule has 2 N–H and O–H groups in total. The van der Waals surface area contributed by atoms with E-state index in [9.17, 15) is 25.0 Å². The van der Waals surface area contributed by atoms with Crippen LogP contribution in [0, 0.1) is 27.2 Å². The number of nitrogens with one attached hydrogen (secondary N) is 2. The smallest absolute Gasteiger partial charge is 0.270 e. The Balaban J connectivity index is 1.97. The summed E-state index contributed by atoms with van der Waals surface area (Å²) in [5.74, 6) is -0.529. The van der Waals surface area contributed by atoms with E-state index in [1.165, 1.54) is 48.6 Å². The molecule has 9 nitrogen and oxygen atoms in total. The van der Waals surface area contributed by atoms with E-state index < -0.39 is 15.8 Å².